The van der Waals surface area contributed by atoms with Crippen LogP contribution < -0.4 is 0 Å². The molecule has 0 aromatic heterocycles. The molecule has 2 N–H and O–H groups in total. The van der Waals surface area contributed by atoms with Gasteiger partial charge in [0.05, 0.1) is 0 Å². The number of aliphatic hydroxyl groups is 2. The second-order valence-corrected chi connectivity index (χ2v) is 6.53. The Kier molecular flexibility index (Phi) is 4.96. The molecule has 0 bridgehead atoms. The van der Waals surface area contributed by atoms with E-state index >= 15 is 0 Å². The van der Waals surface area contributed by atoms with Crippen molar-refractivity contribution in [2.75, 3.05) is 5.75 Å². The summed E-state index contributed by atoms with van der Waals surface area (Å²) in [7, 11) is 0. The van der Waals surface area contributed by atoms with Gasteiger partial charge in [-0.2, -0.15) is 12.6 Å². The van der Waals surface area contributed by atoms with E-state index in [-0.39, 0.29) is 17.1 Å². The van der Waals surface area contributed by atoms with E-state index in [4.69, 9.17) is 0 Å². The molecule has 0 aliphatic heterocycles. The molecule has 0 aromatic rings. The van der Waals surface area contributed by atoms with Crippen LogP contribution in [0.15, 0.2) is 11.8 Å². The van der Waals surface area contributed by atoms with Gasteiger partial charge in [0.25, 0.3) is 0 Å². The monoisotopic (exact) mass is 258 g/mol. The highest BCUT2D eigenvalue weighted by Crippen LogP contribution is 2.44. The molecule has 0 amide bonds. The maximum absolute atomic E-state index is 9.94. The van der Waals surface area contributed by atoms with E-state index in [0.717, 1.165) is 18.6 Å². The average molecular weight is 258 g/mol. The van der Waals surface area contributed by atoms with Crippen LogP contribution in [0.3, 0.4) is 0 Å². The van der Waals surface area contributed by atoms with Crippen molar-refractivity contribution in [3.63, 3.8) is 0 Å². The molecule has 1 rings (SSSR count). The molecular weight excluding hydrogens is 232 g/mol. The Bertz CT molecular complexity index is 286. The second-order valence-electron chi connectivity index (χ2n) is 6.17. The molecule has 4 unspecified atom stereocenters. The Balaban J connectivity index is 2.76. The van der Waals surface area contributed by atoms with Gasteiger partial charge in [0.2, 0.25) is 0 Å². The van der Waals surface area contributed by atoms with Gasteiger partial charge in [0.15, 0.2) is 0 Å². The van der Waals surface area contributed by atoms with Crippen molar-refractivity contribution >= 4 is 12.6 Å². The molecular formula is C14H26O2S. The van der Waals surface area contributed by atoms with E-state index in [1.807, 2.05) is 13.0 Å². The lowest BCUT2D eigenvalue weighted by molar-refractivity contribution is 0.0167. The Hall–Kier alpha value is -0.150. The quantitative estimate of drug-likeness (QED) is 0.676. The summed E-state index contributed by atoms with van der Waals surface area (Å²) < 4.78 is 0. The highest BCUT2D eigenvalue weighted by atomic mass is 32.1. The highest BCUT2D eigenvalue weighted by Gasteiger charge is 2.41. The molecule has 100 valence electrons. The smallest absolute Gasteiger partial charge is 0.118 e. The largest absolute Gasteiger partial charge is 0.510 e. The van der Waals surface area contributed by atoms with Gasteiger partial charge in [0.1, 0.15) is 11.9 Å². The van der Waals surface area contributed by atoms with Gasteiger partial charge in [-0.3, -0.25) is 0 Å². The van der Waals surface area contributed by atoms with Crippen molar-refractivity contribution in [1.29, 1.82) is 0 Å². The zero-order chi connectivity index (χ0) is 13.2. The summed E-state index contributed by atoms with van der Waals surface area (Å²) in [6.07, 6.45) is 3.34. The van der Waals surface area contributed by atoms with Crippen LogP contribution in [0.1, 0.15) is 40.5 Å². The van der Waals surface area contributed by atoms with Crippen LogP contribution in [-0.2, 0) is 0 Å². The van der Waals surface area contributed by atoms with Crippen LogP contribution in [0.2, 0.25) is 0 Å². The van der Waals surface area contributed by atoms with E-state index in [1.54, 1.807) is 0 Å². The molecule has 2 nitrogen and oxygen atoms in total. The SMILES string of the molecule is CC(CS)CCC1C(C)C(O)C(O)=CC1(C)C. The Morgan fingerprint density at radius 3 is 2.59 bits per heavy atom. The number of hydrogen-bond donors (Lipinski definition) is 3. The van der Waals surface area contributed by atoms with E-state index in [0.29, 0.717) is 11.8 Å². The van der Waals surface area contributed by atoms with Gasteiger partial charge in [-0.1, -0.05) is 27.7 Å². The standard InChI is InChI=1S/C14H26O2S/c1-9(8-17)5-6-11-10(2)13(16)12(15)7-14(11,3)4/h7,9-11,13,15-17H,5-6,8H2,1-4H3. The number of rotatable bonds is 4. The Labute approximate surface area is 111 Å². The zero-order valence-corrected chi connectivity index (χ0v) is 12.2. The molecule has 3 heteroatoms. The molecule has 1 aliphatic carbocycles. The van der Waals surface area contributed by atoms with Gasteiger partial charge in [-0.05, 0) is 47.8 Å². The summed E-state index contributed by atoms with van der Waals surface area (Å²) in [6.45, 7) is 8.52. The third-order valence-corrected chi connectivity index (χ3v) is 4.82. The molecule has 0 spiro atoms. The topological polar surface area (TPSA) is 40.5 Å². The minimum Gasteiger partial charge on any atom is -0.510 e. The molecule has 4 atom stereocenters. The summed E-state index contributed by atoms with van der Waals surface area (Å²) >= 11 is 4.31. The molecule has 0 saturated heterocycles. The van der Waals surface area contributed by atoms with E-state index in [9.17, 15) is 10.2 Å². The lowest BCUT2D eigenvalue weighted by Gasteiger charge is -2.42. The fourth-order valence-electron chi connectivity index (χ4n) is 2.93. The summed E-state index contributed by atoms with van der Waals surface area (Å²) in [4.78, 5) is 0. The normalized spacial score (nSPS) is 34.2. The number of allylic oxidation sites excluding steroid dienone is 1. The summed E-state index contributed by atoms with van der Waals surface area (Å²) in [5.41, 5.74) is -0.0426. The van der Waals surface area contributed by atoms with Crippen molar-refractivity contribution in [3.05, 3.63) is 11.8 Å². The molecule has 0 radical (unpaired) electrons. The third-order valence-electron chi connectivity index (χ3n) is 4.19. The molecule has 17 heavy (non-hydrogen) atoms. The first kappa shape index (κ1) is 14.9. The maximum atomic E-state index is 9.94. The number of aliphatic hydroxyl groups excluding tert-OH is 2. The average Bonchev–Trinajstić information content (AvgIpc) is 2.24. The van der Waals surface area contributed by atoms with Gasteiger partial charge in [-0.15, -0.1) is 0 Å². The zero-order valence-electron chi connectivity index (χ0n) is 11.3. The van der Waals surface area contributed by atoms with Crippen LogP contribution in [0, 0.1) is 23.2 Å². The van der Waals surface area contributed by atoms with Gasteiger partial charge in [0, 0.05) is 0 Å². The molecule has 0 fully saturated rings. The predicted molar refractivity (Wildman–Crippen MR) is 75.4 cm³/mol. The van der Waals surface area contributed by atoms with Gasteiger partial charge in [-0.25, -0.2) is 0 Å². The fourth-order valence-corrected chi connectivity index (χ4v) is 3.11. The predicted octanol–water partition coefficient (Wildman–Crippen LogP) is 3.43. The maximum Gasteiger partial charge on any atom is 0.118 e. The van der Waals surface area contributed by atoms with Crippen molar-refractivity contribution in [1.82, 2.24) is 0 Å². The van der Waals surface area contributed by atoms with Crippen LogP contribution in [0.4, 0.5) is 0 Å². The van der Waals surface area contributed by atoms with E-state index in [2.05, 4.69) is 33.4 Å². The lowest BCUT2D eigenvalue weighted by Crippen LogP contribution is -2.40. The fraction of sp³-hybridized carbons (Fsp3) is 0.857. The third kappa shape index (κ3) is 3.41. The number of thiol groups is 1. The summed E-state index contributed by atoms with van der Waals surface area (Å²) in [5.74, 6) is 2.18. The summed E-state index contributed by atoms with van der Waals surface area (Å²) in [5, 5.41) is 19.7. The van der Waals surface area contributed by atoms with E-state index in [1.165, 1.54) is 0 Å². The van der Waals surface area contributed by atoms with Gasteiger partial charge >= 0.3 is 0 Å². The van der Waals surface area contributed by atoms with Crippen molar-refractivity contribution in [3.8, 4) is 0 Å². The van der Waals surface area contributed by atoms with E-state index < -0.39 is 6.10 Å². The van der Waals surface area contributed by atoms with Crippen LogP contribution in [-0.4, -0.2) is 22.1 Å². The van der Waals surface area contributed by atoms with Crippen LogP contribution in [0.25, 0.3) is 0 Å². The van der Waals surface area contributed by atoms with Crippen molar-refractivity contribution < 1.29 is 10.2 Å². The number of hydrogen-bond acceptors (Lipinski definition) is 3. The van der Waals surface area contributed by atoms with Crippen molar-refractivity contribution in [2.24, 2.45) is 23.2 Å². The molecule has 0 heterocycles. The Morgan fingerprint density at radius 1 is 1.47 bits per heavy atom. The lowest BCUT2D eigenvalue weighted by atomic mass is 9.64. The van der Waals surface area contributed by atoms with Crippen molar-refractivity contribution in [2.45, 2.75) is 46.6 Å². The Morgan fingerprint density at radius 2 is 2.06 bits per heavy atom. The first-order chi connectivity index (χ1) is 7.79. The second kappa shape index (κ2) is 5.66. The molecule has 0 saturated carbocycles. The minimum atomic E-state index is -0.695. The van der Waals surface area contributed by atoms with Crippen LogP contribution >= 0.6 is 12.6 Å². The summed E-state index contributed by atoms with van der Waals surface area (Å²) in [6, 6.07) is 0. The van der Waals surface area contributed by atoms with Gasteiger partial charge < -0.3 is 10.2 Å². The van der Waals surface area contributed by atoms with Crippen LogP contribution in [0.5, 0.6) is 0 Å². The first-order valence-corrected chi connectivity index (χ1v) is 7.13. The first-order valence-electron chi connectivity index (χ1n) is 6.50. The minimum absolute atomic E-state index is 0.0426. The molecule has 1 aliphatic rings. The molecule has 0 aromatic carbocycles. The highest BCUT2D eigenvalue weighted by molar-refractivity contribution is 7.80.